The monoisotopic (exact) mass is 257 g/mol. The minimum Gasteiger partial charge on any atom is -0.397 e. The zero-order chi connectivity index (χ0) is 13.8. The van der Waals surface area contributed by atoms with Crippen LogP contribution in [0.5, 0.6) is 0 Å². The summed E-state index contributed by atoms with van der Waals surface area (Å²) in [5.74, 6) is -0.0163. The summed E-state index contributed by atoms with van der Waals surface area (Å²) in [6.07, 6.45) is 2.66. The number of nitrogens with zero attached hydrogens (tertiary/aromatic N) is 1. The van der Waals surface area contributed by atoms with Crippen LogP contribution in [0.4, 0.5) is 5.69 Å². The Morgan fingerprint density at radius 2 is 2.32 bits per heavy atom. The van der Waals surface area contributed by atoms with Gasteiger partial charge in [0, 0.05) is 18.5 Å². The van der Waals surface area contributed by atoms with E-state index in [0.717, 1.165) is 23.9 Å². The number of para-hydroxylation sites is 1. The van der Waals surface area contributed by atoms with Crippen molar-refractivity contribution in [3.05, 3.63) is 42.6 Å². The van der Waals surface area contributed by atoms with Gasteiger partial charge in [-0.2, -0.15) is 0 Å². The van der Waals surface area contributed by atoms with Crippen molar-refractivity contribution in [2.75, 3.05) is 18.8 Å². The molecule has 0 aliphatic rings. The molecule has 0 atom stereocenters. The number of nitrogens with one attached hydrogen (secondary N) is 1. The SMILES string of the molecule is C=CCN(CCC)C(=O)c1cc2cccc(N)c2[nH]1. The van der Waals surface area contributed by atoms with Crippen molar-refractivity contribution in [3.8, 4) is 0 Å². The largest absolute Gasteiger partial charge is 0.397 e. The van der Waals surface area contributed by atoms with Crippen LogP contribution < -0.4 is 5.73 Å². The van der Waals surface area contributed by atoms with Gasteiger partial charge in [-0.25, -0.2) is 0 Å². The first-order valence-corrected chi connectivity index (χ1v) is 6.44. The summed E-state index contributed by atoms with van der Waals surface area (Å²) in [6.45, 7) is 7.01. The number of H-pyrrole nitrogens is 1. The van der Waals surface area contributed by atoms with Gasteiger partial charge in [0.2, 0.25) is 0 Å². The van der Waals surface area contributed by atoms with Gasteiger partial charge in [0.05, 0.1) is 11.2 Å². The summed E-state index contributed by atoms with van der Waals surface area (Å²) in [6, 6.07) is 7.49. The molecule has 0 radical (unpaired) electrons. The number of rotatable bonds is 5. The molecule has 19 heavy (non-hydrogen) atoms. The lowest BCUT2D eigenvalue weighted by Crippen LogP contribution is -2.32. The standard InChI is InChI=1S/C15H19N3O/c1-3-8-18(9-4-2)15(19)13-10-11-6-5-7-12(16)14(11)17-13/h3,5-7,10,17H,1,4,8-9,16H2,2H3. The van der Waals surface area contributed by atoms with E-state index in [4.69, 9.17) is 5.73 Å². The first-order chi connectivity index (χ1) is 9.17. The highest BCUT2D eigenvalue weighted by atomic mass is 16.2. The fourth-order valence-corrected chi connectivity index (χ4v) is 2.17. The maximum atomic E-state index is 12.4. The number of anilines is 1. The number of fused-ring (bicyclic) bond motifs is 1. The second-order valence-corrected chi connectivity index (χ2v) is 4.53. The first kappa shape index (κ1) is 13.2. The Balaban J connectivity index is 2.34. The lowest BCUT2D eigenvalue weighted by atomic mass is 10.2. The van der Waals surface area contributed by atoms with Crippen molar-refractivity contribution >= 4 is 22.5 Å². The number of carbonyl (C=O) groups is 1. The average molecular weight is 257 g/mol. The number of hydrogen-bond acceptors (Lipinski definition) is 2. The summed E-state index contributed by atoms with van der Waals surface area (Å²) in [5.41, 5.74) is 7.94. The minimum absolute atomic E-state index is 0.0163. The maximum Gasteiger partial charge on any atom is 0.270 e. The normalized spacial score (nSPS) is 10.6. The van der Waals surface area contributed by atoms with Crippen molar-refractivity contribution < 1.29 is 4.79 Å². The van der Waals surface area contributed by atoms with Gasteiger partial charge in [-0.15, -0.1) is 6.58 Å². The van der Waals surface area contributed by atoms with Crippen LogP contribution in [-0.4, -0.2) is 28.9 Å². The number of nitrogen functional groups attached to an aromatic ring is 1. The highest BCUT2D eigenvalue weighted by molar-refractivity contribution is 6.00. The molecule has 2 aromatic rings. The molecule has 0 bridgehead atoms. The van der Waals surface area contributed by atoms with E-state index in [9.17, 15) is 4.79 Å². The van der Waals surface area contributed by atoms with E-state index in [0.29, 0.717) is 17.9 Å². The molecule has 1 amide bonds. The molecular weight excluding hydrogens is 238 g/mol. The van der Waals surface area contributed by atoms with Gasteiger partial charge in [-0.05, 0) is 18.6 Å². The van der Waals surface area contributed by atoms with E-state index in [-0.39, 0.29) is 5.91 Å². The molecule has 0 aliphatic heterocycles. The highest BCUT2D eigenvalue weighted by Crippen LogP contribution is 2.21. The van der Waals surface area contributed by atoms with Crippen LogP contribution in [0.1, 0.15) is 23.8 Å². The van der Waals surface area contributed by atoms with E-state index in [1.807, 2.05) is 31.2 Å². The van der Waals surface area contributed by atoms with E-state index < -0.39 is 0 Å². The number of aromatic nitrogens is 1. The Labute approximate surface area is 112 Å². The van der Waals surface area contributed by atoms with Gasteiger partial charge in [-0.1, -0.05) is 25.1 Å². The maximum absolute atomic E-state index is 12.4. The van der Waals surface area contributed by atoms with Crippen molar-refractivity contribution in [2.24, 2.45) is 0 Å². The van der Waals surface area contributed by atoms with Gasteiger partial charge in [0.25, 0.3) is 5.91 Å². The molecule has 2 rings (SSSR count). The third kappa shape index (κ3) is 2.62. The van der Waals surface area contributed by atoms with Crippen molar-refractivity contribution in [1.29, 1.82) is 0 Å². The summed E-state index contributed by atoms with van der Waals surface area (Å²) in [4.78, 5) is 17.3. The molecule has 0 aliphatic carbocycles. The van der Waals surface area contributed by atoms with Gasteiger partial charge in [0.15, 0.2) is 0 Å². The van der Waals surface area contributed by atoms with Crippen molar-refractivity contribution in [2.45, 2.75) is 13.3 Å². The third-order valence-electron chi connectivity index (χ3n) is 3.05. The number of amides is 1. The van der Waals surface area contributed by atoms with E-state index in [1.54, 1.807) is 11.0 Å². The predicted molar refractivity (Wildman–Crippen MR) is 79.1 cm³/mol. The van der Waals surface area contributed by atoms with Gasteiger partial charge in [-0.3, -0.25) is 4.79 Å². The number of carbonyl (C=O) groups excluding carboxylic acids is 1. The van der Waals surface area contributed by atoms with E-state index in [1.165, 1.54) is 0 Å². The smallest absolute Gasteiger partial charge is 0.270 e. The molecule has 1 heterocycles. The Kier molecular flexibility index (Phi) is 3.90. The number of aromatic amines is 1. The number of hydrogen-bond donors (Lipinski definition) is 2. The topological polar surface area (TPSA) is 62.1 Å². The van der Waals surface area contributed by atoms with Gasteiger partial charge < -0.3 is 15.6 Å². The highest BCUT2D eigenvalue weighted by Gasteiger charge is 2.16. The second-order valence-electron chi connectivity index (χ2n) is 4.53. The van der Waals surface area contributed by atoms with Gasteiger partial charge >= 0.3 is 0 Å². The quantitative estimate of drug-likeness (QED) is 0.639. The molecule has 1 aromatic heterocycles. The van der Waals surface area contributed by atoms with Gasteiger partial charge in [0.1, 0.15) is 5.69 Å². The lowest BCUT2D eigenvalue weighted by molar-refractivity contribution is 0.0769. The van der Waals surface area contributed by atoms with E-state index >= 15 is 0 Å². The molecule has 0 saturated heterocycles. The summed E-state index contributed by atoms with van der Waals surface area (Å²) in [7, 11) is 0. The van der Waals surface area contributed by atoms with Crippen LogP contribution in [0.3, 0.4) is 0 Å². The van der Waals surface area contributed by atoms with Crippen LogP contribution >= 0.6 is 0 Å². The molecule has 0 saturated carbocycles. The predicted octanol–water partition coefficient (Wildman–Crippen LogP) is 2.79. The molecule has 100 valence electrons. The van der Waals surface area contributed by atoms with Crippen LogP contribution in [0.15, 0.2) is 36.9 Å². The fraction of sp³-hybridized carbons (Fsp3) is 0.267. The molecule has 1 aromatic carbocycles. The van der Waals surface area contributed by atoms with Crippen LogP contribution in [0, 0.1) is 0 Å². The Morgan fingerprint density at radius 3 is 2.95 bits per heavy atom. The Morgan fingerprint density at radius 1 is 1.53 bits per heavy atom. The molecule has 3 N–H and O–H groups in total. The summed E-state index contributed by atoms with van der Waals surface area (Å²) < 4.78 is 0. The molecule has 0 unspecified atom stereocenters. The zero-order valence-electron chi connectivity index (χ0n) is 11.1. The first-order valence-electron chi connectivity index (χ1n) is 6.44. The Hall–Kier alpha value is -2.23. The number of benzene rings is 1. The summed E-state index contributed by atoms with van der Waals surface area (Å²) in [5, 5.41) is 0.957. The minimum atomic E-state index is -0.0163. The fourth-order valence-electron chi connectivity index (χ4n) is 2.17. The summed E-state index contributed by atoms with van der Waals surface area (Å²) >= 11 is 0. The molecule has 4 nitrogen and oxygen atoms in total. The second kappa shape index (κ2) is 5.61. The van der Waals surface area contributed by atoms with Crippen LogP contribution in [0.2, 0.25) is 0 Å². The van der Waals surface area contributed by atoms with Crippen molar-refractivity contribution in [3.63, 3.8) is 0 Å². The van der Waals surface area contributed by atoms with Crippen LogP contribution in [0.25, 0.3) is 10.9 Å². The average Bonchev–Trinajstić information content (AvgIpc) is 2.83. The third-order valence-corrected chi connectivity index (χ3v) is 3.05. The number of nitrogens with two attached hydrogens (primary N) is 1. The van der Waals surface area contributed by atoms with E-state index in [2.05, 4.69) is 11.6 Å². The Bertz CT molecular complexity index is 600. The molecule has 0 fully saturated rings. The van der Waals surface area contributed by atoms with Crippen molar-refractivity contribution in [1.82, 2.24) is 9.88 Å². The van der Waals surface area contributed by atoms with Crippen LogP contribution in [-0.2, 0) is 0 Å². The molecular formula is C15H19N3O. The zero-order valence-corrected chi connectivity index (χ0v) is 11.1. The molecule has 0 spiro atoms. The lowest BCUT2D eigenvalue weighted by Gasteiger charge is -2.19. The molecule has 4 heteroatoms.